The number of carbonyl (C=O) groups is 3. The van der Waals surface area contributed by atoms with E-state index in [2.05, 4.69) is 135 Å². The summed E-state index contributed by atoms with van der Waals surface area (Å²) in [4.78, 5) is 37.3. The summed E-state index contributed by atoms with van der Waals surface area (Å²) < 4.78 is 22.7. The molecule has 0 spiro atoms. The first-order valence-electron chi connectivity index (χ1n) is 30.2. The zero-order valence-corrected chi connectivity index (χ0v) is 49.1. The van der Waals surface area contributed by atoms with Crippen molar-refractivity contribution in [1.29, 1.82) is 0 Å². The van der Waals surface area contributed by atoms with Crippen molar-refractivity contribution in [3.8, 4) is 0 Å². The Morgan fingerprint density at radius 1 is 0.408 bits per heavy atom. The predicted molar refractivity (Wildman–Crippen MR) is 320 cm³/mol. The molecule has 0 heterocycles. The first-order chi connectivity index (χ1) is 37.1. The molecular formula is C67H111NO8. The number of unbranched alkanes of at least 4 members (excludes halogenated alkanes) is 19. The summed E-state index contributed by atoms with van der Waals surface area (Å²) in [5.41, 5.74) is 0. The lowest BCUT2D eigenvalue weighted by atomic mass is 10.1. The molecule has 0 fully saturated rings. The molecule has 0 rings (SSSR count). The molecule has 0 N–H and O–H groups in total. The summed E-state index contributed by atoms with van der Waals surface area (Å²) in [5.74, 6) is -2.33. The van der Waals surface area contributed by atoms with E-state index in [-0.39, 0.29) is 38.6 Å². The monoisotopic (exact) mass is 1060 g/mol. The molecule has 0 radical (unpaired) electrons. The molecule has 2 atom stereocenters. The van der Waals surface area contributed by atoms with E-state index in [9.17, 15) is 19.5 Å². The molecule has 0 saturated carbocycles. The Labute approximate surface area is 466 Å². The Morgan fingerprint density at radius 3 is 1.13 bits per heavy atom. The number of hydrogen-bond donors (Lipinski definition) is 0. The predicted octanol–water partition coefficient (Wildman–Crippen LogP) is 16.7. The normalized spacial score (nSPS) is 13.6. The van der Waals surface area contributed by atoms with Gasteiger partial charge in [-0.15, -0.1) is 0 Å². The van der Waals surface area contributed by atoms with E-state index in [1.807, 2.05) is 21.1 Å². The van der Waals surface area contributed by atoms with Crippen LogP contribution in [0.5, 0.6) is 0 Å². The lowest BCUT2D eigenvalue weighted by Crippen LogP contribution is -2.44. The van der Waals surface area contributed by atoms with Gasteiger partial charge in [0.1, 0.15) is 13.2 Å². The van der Waals surface area contributed by atoms with Gasteiger partial charge in [-0.25, -0.2) is 0 Å². The van der Waals surface area contributed by atoms with Crippen LogP contribution in [0, 0.1) is 0 Å². The third-order valence-corrected chi connectivity index (χ3v) is 12.4. The number of carboxylic acids is 1. The molecule has 9 nitrogen and oxygen atoms in total. The second-order valence-corrected chi connectivity index (χ2v) is 20.9. The quantitative estimate of drug-likeness (QED) is 0.0195. The van der Waals surface area contributed by atoms with Gasteiger partial charge in [-0.2, -0.15) is 0 Å². The van der Waals surface area contributed by atoms with Crippen LogP contribution in [-0.2, 0) is 33.3 Å². The number of nitrogens with zero attached hydrogens (tertiary/aromatic N) is 1. The van der Waals surface area contributed by atoms with Crippen molar-refractivity contribution in [2.45, 2.75) is 238 Å². The number of aliphatic carboxylic acids is 1. The minimum Gasteiger partial charge on any atom is -0.545 e. The van der Waals surface area contributed by atoms with Gasteiger partial charge in [0.2, 0.25) is 0 Å². The summed E-state index contributed by atoms with van der Waals surface area (Å²) in [6, 6.07) is 0. The van der Waals surface area contributed by atoms with Crippen molar-refractivity contribution in [2.75, 3.05) is 47.5 Å². The zero-order valence-electron chi connectivity index (χ0n) is 49.1. The number of ether oxygens (including phenoxy) is 4. The molecule has 0 amide bonds. The minimum atomic E-state index is -1.64. The minimum absolute atomic E-state index is 0.137. The number of quaternary nitrogens is 1. The van der Waals surface area contributed by atoms with E-state index < -0.39 is 24.3 Å². The lowest BCUT2D eigenvalue weighted by Gasteiger charge is -2.26. The third-order valence-electron chi connectivity index (χ3n) is 12.4. The summed E-state index contributed by atoms with van der Waals surface area (Å²) in [5, 5.41) is 11.8. The highest BCUT2D eigenvalue weighted by atomic mass is 16.7. The van der Waals surface area contributed by atoms with Gasteiger partial charge >= 0.3 is 11.9 Å². The standard InChI is InChI=1S/C67H111NO8/c1-6-8-10-12-14-16-18-20-22-24-26-27-28-29-30-31-32-33-34-35-36-37-38-39-40-42-44-46-48-50-52-54-56-58-65(70)76-63(62-75-67(66(71)72)73-60-59-68(3,4)5)61-74-64(69)57-55-53-51-49-47-45-43-41-25-23-21-19-17-15-13-11-9-7-2/h8,10,14,16,20,22-23,25-27,29-30,32-33,35-36,38-39,42,44,63,67H,6-7,9,11-13,15,17-19,21,24,28,31,34,37,40-41,43,45-62H2,1-5H3/b10-8-,16-14-,22-20-,25-23-,27-26-,30-29-,33-32-,36-35-,39-38-,44-42-. The van der Waals surface area contributed by atoms with Gasteiger partial charge < -0.3 is 33.3 Å². The Bertz CT molecular complexity index is 1660. The molecule has 0 aliphatic heterocycles. The van der Waals surface area contributed by atoms with Crippen LogP contribution < -0.4 is 5.11 Å². The van der Waals surface area contributed by atoms with Crippen molar-refractivity contribution in [3.05, 3.63) is 122 Å². The van der Waals surface area contributed by atoms with Crippen LogP contribution in [0.25, 0.3) is 0 Å². The van der Waals surface area contributed by atoms with E-state index in [4.69, 9.17) is 18.9 Å². The maximum Gasteiger partial charge on any atom is 0.306 e. The molecule has 0 aliphatic carbocycles. The number of likely N-dealkylation sites (N-methyl/N-ethyl adjacent to an activating group) is 1. The van der Waals surface area contributed by atoms with Gasteiger partial charge in [0.05, 0.1) is 40.3 Å². The highest BCUT2D eigenvalue weighted by Gasteiger charge is 2.22. The second-order valence-electron chi connectivity index (χ2n) is 20.9. The molecule has 0 saturated heterocycles. The molecule has 0 aromatic heterocycles. The molecule has 76 heavy (non-hydrogen) atoms. The number of allylic oxidation sites excluding steroid dienone is 20. The first-order valence-corrected chi connectivity index (χ1v) is 30.2. The second kappa shape index (κ2) is 56.9. The Morgan fingerprint density at radius 2 is 0.750 bits per heavy atom. The van der Waals surface area contributed by atoms with E-state index in [1.54, 1.807) is 0 Å². The topological polar surface area (TPSA) is 111 Å². The van der Waals surface area contributed by atoms with Gasteiger partial charge in [-0.05, 0) is 109 Å². The number of carbonyl (C=O) groups excluding carboxylic acids is 3. The van der Waals surface area contributed by atoms with E-state index >= 15 is 0 Å². The van der Waals surface area contributed by atoms with Crippen LogP contribution in [0.1, 0.15) is 226 Å². The Kier molecular flexibility index (Phi) is 53.7. The molecule has 2 unspecified atom stereocenters. The summed E-state index contributed by atoms with van der Waals surface area (Å²) in [7, 11) is 5.90. The van der Waals surface area contributed by atoms with Crippen LogP contribution in [-0.4, -0.2) is 82.3 Å². The van der Waals surface area contributed by atoms with Crippen molar-refractivity contribution in [1.82, 2.24) is 0 Å². The average molecular weight is 1060 g/mol. The smallest absolute Gasteiger partial charge is 0.306 e. The SMILES string of the molecule is CC/C=C\C/C=C\C/C=C\C/C=C\C/C=C\C/C=C\C/C=C\C/C=C\C/C=C\CCCCCCCC(=O)OC(COC(=O)CCCCCCCCC/C=C\CCCCCCCCC)COC(OCC[N+](C)(C)C)C(=O)[O-]. The van der Waals surface area contributed by atoms with Crippen molar-refractivity contribution in [3.63, 3.8) is 0 Å². The zero-order chi connectivity index (χ0) is 55.5. The molecular weight excluding hydrogens is 947 g/mol. The third kappa shape index (κ3) is 57.4. The fraction of sp³-hybridized carbons (Fsp3) is 0.657. The van der Waals surface area contributed by atoms with Crippen molar-refractivity contribution in [2.24, 2.45) is 0 Å². The largest absolute Gasteiger partial charge is 0.545 e. The van der Waals surface area contributed by atoms with Gasteiger partial charge in [0.25, 0.3) is 0 Å². The maximum atomic E-state index is 12.9. The number of hydrogen-bond acceptors (Lipinski definition) is 8. The molecule has 432 valence electrons. The highest BCUT2D eigenvalue weighted by molar-refractivity contribution is 5.70. The Hall–Kier alpha value is -4.31. The van der Waals surface area contributed by atoms with Crippen molar-refractivity contribution >= 4 is 17.9 Å². The summed E-state index contributed by atoms with van der Waals surface area (Å²) in [6.45, 7) is 4.59. The first kappa shape index (κ1) is 71.7. The number of rotatable bonds is 54. The van der Waals surface area contributed by atoms with Crippen LogP contribution in [0.3, 0.4) is 0 Å². The molecule has 0 aromatic rings. The number of carboxylic acid groups (broad SMARTS) is 1. The fourth-order valence-corrected chi connectivity index (χ4v) is 7.82. The molecule has 0 bridgehead atoms. The van der Waals surface area contributed by atoms with Gasteiger partial charge in [-0.1, -0.05) is 225 Å². The van der Waals surface area contributed by atoms with Crippen molar-refractivity contribution < 1.29 is 42.9 Å². The lowest BCUT2D eigenvalue weighted by molar-refractivity contribution is -0.870. The molecule has 0 aromatic carbocycles. The number of esters is 2. The van der Waals surface area contributed by atoms with E-state index in [1.165, 1.54) is 70.6 Å². The maximum absolute atomic E-state index is 12.9. The van der Waals surface area contributed by atoms with Crippen LogP contribution in [0.2, 0.25) is 0 Å². The van der Waals surface area contributed by atoms with Gasteiger partial charge in [0, 0.05) is 12.8 Å². The average Bonchev–Trinajstić information content (AvgIpc) is 3.39. The van der Waals surface area contributed by atoms with E-state index in [0.29, 0.717) is 17.4 Å². The Balaban J connectivity index is 4.31. The fourth-order valence-electron chi connectivity index (χ4n) is 7.82. The highest BCUT2D eigenvalue weighted by Crippen LogP contribution is 2.14. The molecule has 0 aliphatic rings. The van der Waals surface area contributed by atoms with Gasteiger partial charge in [0.15, 0.2) is 12.4 Å². The van der Waals surface area contributed by atoms with Gasteiger partial charge in [-0.3, -0.25) is 9.59 Å². The van der Waals surface area contributed by atoms with Crippen LogP contribution in [0.4, 0.5) is 0 Å². The summed E-state index contributed by atoms with van der Waals surface area (Å²) >= 11 is 0. The van der Waals surface area contributed by atoms with Crippen LogP contribution >= 0.6 is 0 Å². The summed E-state index contributed by atoms with van der Waals surface area (Å²) in [6.07, 6.45) is 76.7. The molecule has 9 heteroatoms. The van der Waals surface area contributed by atoms with Crippen LogP contribution in [0.15, 0.2) is 122 Å². The van der Waals surface area contributed by atoms with E-state index in [0.717, 1.165) is 122 Å².